The van der Waals surface area contributed by atoms with Crippen molar-refractivity contribution < 1.29 is 9.13 Å². The minimum Gasteiger partial charge on any atom is -0.376 e. The molecule has 0 saturated heterocycles. The molecule has 0 aliphatic rings. The van der Waals surface area contributed by atoms with E-state index in [9.17, 15) is 4.39 Å². The van der Waals surface area contributed by atoms with Gasteiger partial charge in [-0.1, -0.05) is 29.4 Å². The number of azide groups is 1. The Bertz CT molecular complexity index is 581. The van der Waals surface area contributed by atoms with Crippen molar-refractivity contribution in [3.8, 4) is 10.6 Å². The maximum Gasteiger partial charge on any atom is 0.123 e. The maximum atomic E-state index is 12.9. The van der Waals surface area contributed by atoms with Crippen molar-refractivity contribution in [1.82, 2.24) is 4.98 Å². The second-order valence-corrected chi connectivity index (χ2v) is 4.94. The third-order valence-electron chi connectivity index (χ3n) is 2.88. The summed E-state index contributed by atoms with van der Waals surface area (Å²) in [6.07, 6.45) is 1.15. The quantitative estimate of drug-likeness (QED) is 0.456. The molecule has 104 valence electrons. The molecule has 0 N–H and O–H groups in total. The van der Waals surface area contributed by atoms with E-state index in [1.807, 2.05) is 29.6 Å². The number of nitrogens with zero attached hydrogens (tertiary/aromatic N) is 4. The average molecular weight is 292 g/mol. The number of hydrogen-bond donors (Lipinski definition) is 0. The SMILES string of the molecule is CO[C@H](c1ccc(-c2nccs2)cc1)C(CF)N=[N+]=[N-]. The Kier molecular flexibility index (Phi) is 5.06. The van der Waals surface area contributed by atoms with Crippen LogP contribution in [0, 0.1) is 0 Å². The predicted octanol–water partition coefficient (Wildman–Crippen LogP) is 4.15. The predicted molar refractivity (Wildman–Crippen MR) is 76.2 cm³/mol. The summed E-state index contributed by atoms with van der Waals surface area (Å²) in [5, 5.41) is 6.26. The van der Waals surface area contributed by atoms with Gasteiger partial charge in [0.2, 0.25) is 0 Å². The van der Waals surface area contributed by atoms with Crippen LogP contribution in [0.3, 0.4) is 0 Å². The fourth-order valence-corrected chi connectivity index (χ4v) is 2.58. The summed E-state index contributed by atoms with van der Waals surface area (Å²) in [5.41, 5.74) is 10.2. The highest BCUT2D eigenvalue weighted by Gasteiger charge is 2.22. The first-order valence-electron chi connectivity index (χ1n) is 5.93. The molecule has 5 nitrogen and oxygen atoms in total. The van der Waals surface area contributed by atoms with Gasteiger partial charge in [-0.15, -0.1) is 11.3 Å². The van der Waals surface area contributed by atoms with E-state index < -0.39 is 18.8 Å². The van der Waals surface area contributed by atoms with Gasteiger partial charge in [-0.05, 0) is 11.1 Å². The van der Waals surface area contributed by atoms with Crippen LogP contribution in [0.2, 0.25) is 0 Å². The molecule has 0 aliphatic carbocycles. The van der Waals surface area contributed by atoms with Gasteiger partial charge in [0.25, 0.3) is 0 Å². The minimum absolute atomic E-state index is 0.596. The normalized spacial score (nSPS) is 13.5. The summed E-state index contributed by atoms with van der Waals surface area (Å²) in [6.45, 7) is -0.767. The first-order chi connectivity index (χ1) is 9.80. The fourth-order valence-electron chi connectivity index (χ4n) is 1.94. The molecule has 0 saturated carbocycles. The molecule has 2 rings (SSSR count). The zero-order chi connectivity index (χ0) is 14.4. The Morgan fingerprint density at radius 3 is 2.70 bits per heavy atom. The zero-order valence-corrected chi connectivity index (χ0v) is 11.6. The maximum absolute atomic E-state index is 12.9. The summed E-state index contributed by atoms with van der Waals surface area (Å²) in [6, 6.07) is 6.59. The molecular formula is C13H13FN4OS. The Morgan fingerprint density at radius 2 is 2.20 bits per heavy atom. The Morgan fingerprint density at radius 1 is 1.45 bits per heavy atom. The Balaban J connectivity index is 2.25. The third-order valence-corrected chi connectivity index (χ3v) is 3.70. The van der Waals surface area contributed by atoms with Gasteiger partial charge in [0.1, 0.15) is 11.7 Å². The van der Waals surface area contributed by atoms with Crippen LogP contribution in [0.25, 0.3) is 21.0 Å². The largest absolute Gasteiger partial charge is 0.376 e. The highest BCUT2D eigenvalue weighted by molar-refractivity contribution is 7.13. The van der Waals surface area contributed by atoms with E-state index in [-0.39, 0.29) is 0 Å². The number of hydrogen-bond acceptors (Lipinski definition) is 4. The van der Waals surface area contributed by atoms with E-state index in [2.05, 4.69) is 15.0 Å². The number of methoxy groups -OCH3 is 1. The van der Waals surface area contributed by atoms with E-state index in [0.29, 0.717) is 0 Å². The van der Waals surface area contributed by atoms with Crippen LogP contribution in [0.4, 0.5) is 4.39 Å². The molecule has 0 bridgehead atoms. The molecule has 0 fully saturated rings. The van der Waals surface area contributed by atoms with E-state index in [1.165, 1.54) is 7.11 Å². The first-order valence-corrected chi connectivity index (χ1v) is 6.81. The van der Waals surface area contributed by atoms with Crippen LogP contribution >= 0.6 is 11.3 Å². The van der Waals surface area contributed by atoms with Gasteiger partial charge in [0, 0.05) is 29.2 Å². The van der Waals surface area contributed by atoms with Gasteiger partial charge in [-0.25, -0.2) is 4.98 Å². The lowest BCUT2D eigenvalue weighted by molar-refractivity contribution is 0.0722. The lowest BCUT2D eigenvalue weighted by atomic mass is 10.0. The molecule has 2 aromatic rings. The van der Waals surface area contributed by atoms with Crippen LogP contribution in [0.15, 0.2) is 41.0 Å². The summed E-state index contributed by atoms with van der Waals surface area (Å²) in [5.74, 6) is 0. The second-order valence-electron chi connectivity index (χ2n) is 4.04. The topological polar surface area (TPSA) is 70.9 Å². The van der Waals surface area contributed by atoms with Crippen molar-refractivity contribution in [2.45, 2.75) is 12.1 Å². The number of alkyl halides is 1. The smallest absolute Gasteiger partial charge is 0.123 e. The standard InChI is InChI=1S/C13H13FN4OS/c1-19-12(11(8-14)17-18-15)9-2-4-10(5-3-9)13-16-6-7-20-13/h2-7,11-12H,8H2,1H3/t11?,12-/m1/s1. The van der Waals surface area contributed by atoms with Crippen LogP contribution in [0.5, 0.6) is 0 Å². The molecule has 2 atom stereocenters. The number of benzene rings is 1. The van der Waals surface area contributed by atoms with Crippen molar-refractivity contribution in [3.05, 3.63) is 51.8 Å². The van der Waals surface area contributed by atoms with Crippen LogP contribution in [0.1, 0.15) is 11.7 Å². The summed E-state index contributed by atoms with van der Waals surface area (Å²) >= 11 is 1.55. The average Bonchev–Trinajstić information content (AvgIpc) is 3.02. The number of ether oxygens (including phenoxy) is 1. The number of thiazole rings is 1. The first kappa shape index (κ1) is 14.5. The second kappa shape index (κ2) is 7.00. The lowest BCUT2D eigenvalue weighted by Gasteiger charge is -2.20. The van der Waals surface area contributed by atoms with E-state index in [4.69, 9.17) is 10.3 Å². The van der Waals surface area contributed by atoms with Crippen molar-refractivity contribution in [2.75, 3.05) is 13.8 Å². The molecular weight excluding hydrogens is 279 g/mol. The van der Waals surface area contributed by atoms with Crippen molar-refractivity contribution >= 4 is 11.3 Å². The van der Waals surface area contributed by atoms with Gasteiger partial charge >= 0.3 is 0 Å². The van der Waals surface area contributed by atoms with Crippen molar-refractivity contribution in [2.24, 2.45) is 5.11 Å². The molecule has 1 aromatic carbocycles. The lowest BCUT2D eigenvalue weighted by Crippen LogP contribution is -2.20. The summed E-state index contributed by atoms with van der Waals surface area (Å²) in [7, 11) is 1.47. The van der Waals surface area contributed by atoms with Crippen molar-refractivity contribution in [3.63, 3.8) is 0 Å². The molecule has 1 heterocycles. The highest BCUT2D eigenvalue weighted by Crippen LogP contribution is 2.27. The highest BCUT2D eigenvalue weighted by atomic mass is 32.1. The summed E-state index contributed by atoms with van der Waals surface area (Å²) in [4.78, 5) is 6.88. The van der Waals surface area contributed by atoms with E-state index in [0.717, 1.165) is 16.1 Å². The van der Waals surface area contributed by atoms with E-state index in [1.54, 1.807) is 17.5 Å². The molecule has 1 aromatic heterocycles. The molecule has 0 aliphatic heterocycles. The van der Waals surface area contributed by atoms with Gasteiger partial charge in [0.15, 0.2) is 0 Å². The van der Waals surface area contributed by atoms with Gasteiger partial charge in [0.05, 0.1) is 12.1 Å². The zero-order valence-electron chi connectivity index (χ0n) is 10.8. The van der Waals surface area contributed by atoms with Crippen LogP contribution in [-0.4, -0.2) is 24.8 Å². The van der Waals surface area contributed by atoms with E-state index >= 15 is 0 Å². The van der Waals surface area contributed by atoms with Crippen molar-refractivity contribution in [1.29, 1.82) is 0 Å². The fraction of sp³-hybridized carbons (Fsp3) is 0.308. The molecule has 20 heavy (non-hydrogen) atoms. The van der Waals surface area contributed by atoms with Gasteiger partial charge in [-0.2, -0.15) is 0 Å². The molecule has 0 amide bonds. The molecule has 7 heteroatoms. The Hall–Kier alpha value is -1.95. The number of aromatic nitrogens is 1. The van der Waals surface area contributed by atoms with Gasteiger partial charge in [-0.3, -0.25) is 4.39 Å². The molecule has 0 radical (unpaired) electrons. The molecule has 1 unspecified atom stereocenters. The number of rotatable bonds is 6. The Labute approximate surface area is 119 Å². The monoisotopic (exact) mass is 292 g/mol. The van der Waals surface area contributed by atoms with Gasteiger partial charge < -0.3 is 4.74 Å². The minimum atomic E-state index is -0.865. The van der Waals surface area contributed by atoms with Crippen LogP contribution in [-0.2, 0) is 4.74 Å². The molecule has 0 spiro atoms. The third kappa shape index (κ3) is 3.14. The summed E-state index contributed by atoms with van der Waals surface area (Å²) < 4.78 is 18.2. The van der Waals surface area contributed by atoms with Crippen LogP contribution < -0.4 is 0 Å². The number of halogens is 1.